The molecule has 0 radical (unpaired) electrons. The maximum absolute atomic E-state index is 11.7. The summed E-state index contributed by atoms with van der Waals surface area (Å²) in [5.41, 5.74) is 0.332. The minimum Gasteiger partial charge on any atom is -0.491 e. The summed E-state index contributed by atoms with van der Waals surface area (Å²) in [6.07, 6.45) is 0. The normalized spacial score (nSPS) is 10.7. The van der Waals surface area contributed by atoms with Gasteiger partial charge in [0.2, 0.25) is 0 Å². The summed E-state index contributed by atoms with van der Waals surface area (Å²) >= 11 is 17.4. The van der Waals surface area contributed by atoms with E-state index in [9.17, 15) is 4.79 Å². The summed E-state index contributed by atoms with van der Waals surface area (Å²) in [5, 5.41) is 0.715. The minimum atomic E-state index is -0.255. The number of hydrogen-bond acceptors (Lipinski definition) is 2. The zero-order chi connectivity index (χ0) is 13.0. The van der Waals surface area contributed by atoms with Crippen LogP contribution in [0.4, 0.5) is 0 Å². The Morgan fingerprint density at radius 2 is 2.00 bits per heavy atom. The molecule has 0 N–H and O–H groups in total. The molecule has 1 aromatic rings. The fourth-order valence-corrected chi connectivity index (χ4v) is 1.93. The number of alkyl halides is 1. The zero-order valence-electron chi connectivity index (χ0n) is 9.60. The van der Waals surface area contributed by atoms with E-state index < -0.39 is 0 Å². The zero-order valence-corrected chi connectivity index (χ0v) is 11.9. The van der Waals surface area contributed by atoms with E-state index in [-0.39, 0.29) is 11.7 Å². The number of halogens is 3. The lowest BCUT2D eigenvalue weighted by molar-refractivity contribution is 0.101. The molecule has 0 aliphatic rings. The Morgan fingerprint density at radius 1 is 1.35 bits per heavy atom. The maximum Gasteiger partial charge on any atom is 0.181 e. The molecule has 0 fully saturated rings. The van der Waals surface area contributed by atoms with Crippen molar-refractivity contribution in [2.75, 3.05) is 12.5 Å². The van der Waals surface area contributed by atoms with Crippen molar-refractivity contribution in [2.24, 2.45) is 5.92 Å². The van der Waals surface area contributed by atoms with E-state index in [0.717, 1.165) is 0 Å². The van der Waals surface area contributed by atoms with E-state index in [1.54, 1.807) is 6.07 Å². The Labute approximate surface area is 116 Å². The number of rotatable bonds is 5. The number of Topliss-reactive ketones (excluding diaryl/α,β-unsaturated/α-hetero) is 1. The van der Waals surface area contributed by atoms with Gasteiger partial charge in [-0.1, -0.05) is 37.0 Å². The highest BCUT2D eigenvalue weighted by Gasteiger charge is 2.17. The van der Waals surface area contributed by atoms with Gasteiger partial charge in [0, 0.05) is 5.02 Å². The van der Waals surface area contributed by atoms with Crippen LogP contribution >= 0.6 is 34.8 Å². The van der Waals surface area contributed by atoms with Gasteiger partial charge < -0.3 is 4.74 Å². The van der Waals surface area contributed by atoms with Crippen LogP contribution in [0.5, 0.6) is 5.75 Å². The van der Waals surface area contributed by atoms with Crippen LogP contribution in [-0.2, 0) is 0 Å². The monoisotopic (exact) mass is 294 g/mol. The summed E-state index contributed by atoms with van der Waals surface area (Å²) in [5.74, 6) is 0.306. The van der Waals surface area contributed by atoms with E-state index in [2.05, 4.69) is 0 Å². The molecular weight excluding hydrogens is 282 g/mol. The van der Waals surface area contributed by atoms with Crippen molar-refractivity contribution in [2.45, 2.75) is 13.8 Å². The summed E-state index contributed by atoms with van der Waals surface area (Å²) in [6.45, 7) is 4.49. The number of carbonyl (C=O) groups excluding carboxylic acids is 1. The highest BCUT2D eigenvalue weighted by atomic mass is 35.5. The third-order valence-electron chi connectivity index (χ3n) is 1.99. The number of benzene rings is 1. The van der Waals surface area contributed by atoms with E-state index in [1.807, 2.05) is 13.8 Å². The van der Waals surface area contributed by atoms with Crippen LogP contribution in [0, 0.1) is 5.92 Å². The lowest BCUT2D eigenvalue weighted by Crippen LogP contribution is -2.10. The first-order valence-corrected chi connectivity index (χ1v) is 6.45. The summed E-state index contributed by atoms with van der Waals surface area (Å²) < 4.78 is 5.54. The van der Waals surface area contributed by atoms with Crippen LogP contribution in [0.15, 0.2) is 12.1 Å². The quantitative estimate of drug-likeness (QED) is 0.592. The lowest BCUT2D eigenvalue weighted by Gasteiger charge is -2.14. The van der Waals surface area contributed by atoms with Gasteiger partial charge in [-0.3, -0.25) is 4.79 Å². The second kappa shape index (κ2) is 6.48. The molecule has 0 aliphatic carbocycles. The maximum atomic E-state index is 11.7. The number of ketones is 1. The van der Waals surface area contributed by atoms with Gasteiger partial charge >= 0.3 is 0 Å². The molecule has 0 saturated heterocycles. The molecule has 5 heteroatoms. The second-order valence-electron chi connectivity index (χ2n) is 4.03. The SMILES string of the molecule is CC(C)COc1c(Cl)cc(Cl)cc1C(=O)CCl. The molecule has 0 aliphatic heterocycles. The standard InChI is InChI=1S/C12H13Cl3O2/c1-7(2)6-17-12-9(11(16)5-13)3-8(14)4-10(12)15/h3-4,7H,5-6H2,1-2H3. The first-order valence-electron chi connectivity index (χ1n) is 5.16. The van der Waals surface area contributed by atoms with Crippen molar-refractivity contribution in [1.82, 2.24) is 0 Å². The number of ether oxygens (including phenoxy) is 1. The van der Waals surface area contributed by atoms with Crippen LogP contribution in [-0.4, -0.2) is 18.3 Å². The topological polar surface area (TPSA) is 26.3 Å². The van der Waals surface area contributed by atoms with Gasteiger partial charge in [0.15, 0.2) is 5.78 Å². The molecule has 17 heavy (non-hydrogen) atoms. The molecule has 2 nitrogen and oxygen atoms in total. The Hall–Kier alpha value is -0.440. The van der Waals surface area contributed by atoms with E-state index in [1.165, 1.54) is 6.07 Å². The highest BCUT2D eigenvalue weighted by Crippen LogP contribution is 2.33. The van der Waals surface area contributed by atoms with Crippen molar-refractivity contribution >= 4 is 40.6 Å². The number of carbonyl (C=O) groups is 1. The van der Waals surface area contributed by atoms with Gasteiger partial charge in [-0.05, 0) is 18.1 Å². The average molecular weight is 296 g/mol. The molecule has 0 saturated carbocycles. The van der Waals surface area contributed by atoms with Gasteiger partial charge in [0.05, 0.1) is 23.1 Å². The van der Waals surface area contributed by atoms with E-state index in [0.29, 0.717) is 33.9 Å². The molecular formula is C12H13Cl3O2. The fourth-order valence-electron chi connectivity index (χ4n) is 1.24. The van der Waals surface area contributed by atoms with Gasteiger partial charge in [-0.15, -0.1) is 11.6 Å². The summed E-state index contributed by atoms with van der Waals surface area (Å²) in [4.78, 5) is 11.7. The molecule has 1 aromatic carbocycles. The van der Waals surface area contributed by atoms with Crippen LogP contribution in [0.3, 0.4) is 0 Å². The minimum absolute atomic E-state index is 0.130. The average Bonchev–Trinajstić information content (AvgIpc) is 2.25. The molecule has 94 valence electrons. The molecule has 1 rings (SSSR count). The van der Waals surface area contributed by atoms with Gasteiger partial charge in [0.1, 0.15) is 5.75 Å². The summed E-state index contributed by atoms with van der Waals surface area (Å²) in [6, 6.07) is 3.07. The van der Waals surface area contributed by atoms with Gasteiger partial charge in [0.25, 0.3) is 0 Å². The largest absolute Gasteiger partial charge is 0.491 e. The fraction of sp³-hybridized carbons (Fsp3) is 0.417. The third kappa shape index (κ3) is 4.06. The molecule has 0 bridgehead atoms. The molecule has 0 heterocycles. The van der Waals surface area contributed by atoms with Gasteiger partial charge in [-0.2, -0.15) is 0 Å². The molecule has 0 unspecified atom stereocenters. The van der Waals surface area contributed by atoms with Crippen molar-refractivity contribution in [3.8, 4) is 5.75 Å². The van der Waals surface area contributed by atoms with Crippen molar-refractivity contribution in [1.29, 1.82) is 0 Å². The van der Waals surface area contributed by atoms with Gasteiger partial charge in [-0.25, -0.2) is 0 Å². The van der Waals surface area contributed by atoms with E-state index in [4.69, 9.17) is 39.5 Å². The molecule has 0 aromatic heterocycles. The summed E-state index contributed by atoms with van der Waals surface area (Å²) in [7, 11) is 0. The lowest BCUT2D eigenvalue weighted by atomic mass is 10.1. The van der Waals surface area contributed by atoms with Crippen molar-refractivity contribution in [3.63, 3.8) is 0 Å². The second-order valence-corrected chi connectivity index (χ2v) is 5.14. The predicted molar refractivity (Wildman–Crippen MR) is 71.8 cm³/mol. The molecule has 0 atom stereocenters. The van der Waals surface area contributed by atoms with Crippen LogP contribution in [0.1, 0.15) is 24.2 Å². The Balaban J connectivity index is 3.11. The predicted octanol–water partition coefficient (Wildman–Crippen LogP) is 4.45. The Kier molecular flexibility index (Phi) is 5.57. The van der Waals surface area contributed by atoms with Crippen molar-refractivity contribution < 1.29 is 9.53 Å². The molecule has 0 spiro atoms. The number of hydrogen-bond donors (Lipinski definition) is 0. The Morgan fingerprint density at radius 3 is 2.53 bits per heavy atom. The third-order valence-corrected chi connectivity index (χ3v) is 2.73. The van der Waals surface area contributed by atoms with Crippen LogP contribution < -0.4 is 4.74 Å². The smallest absolute Gasteiger partial charge is 0.181 e. The van der Waals surface area contributed by atoms with Crippen molar-refractivity contribution in [3.05, 3.63) is 27.7 Å². The van der Waals surface area contributed by atoms with E-state index >= 15 is 0 Å². The van der Waals surface area contributed by atoms with Crippen LogP contribution in [0.25, 0.3) is 0 Å². The Bertz CT molecular complexity index is 416. The molecule has 0 amide bonds. The highest BCUT2D eigenvalue weighted by molar-refractivity contribution is 6.37. The first-order chi connectivity index (χ1) is 7.95. The van der Waals surface area contributed by atoms with Crippen LogP contribution in [0.2, 0.25) is 10.0 Å². The first kappa shape index (κ1) is 14.6.